The van der Waals surface area contributed by atoms with Crippen molar-refractivity contribution in [3.05, 3.63) is 88.0 Å². The van der Waals surface area contributed by atoms with Gasteiger partial charge in [0.15, 0.2) is 5.69 Å². The standard InChI is InChI=1S/C21H16F3N5OS/c22-21(23,24)16-8-4-5-14(9-16)11-29-12-17(27-28-29)20(30)25-10-18-19(26-13-31-18)15-6-2-1-3-7-15/h1-9,12-13H,10-11H2,(H,25,30). The van der Waals surface area contributed by atoms with Crippen molar-refractivity contribution in [1.29, 1.82) is 0 Å². The highest BCUT2D eigenvalue weighted by atomic mass is 32.1. The van der Waals surface area contributed by atoms with Crippen LogP contribution in [0.1, 0.15) is 26.5 Å². The molecule has 2 aromatic heterocycles. The van der Waals surface area contributed by atoms with Gasteiger partial charge in [-0.15, -0.1) is 16.4 Å². The van der Waals surface area contributed by atoms with E-state index in [0.29, 0.717) is 5.56 Å². The van der Waals surface area contributed by atoms with Crippen LogP contribution >= 0.6 is 11.3 Å². The normalized spacial score (nSPS) is 11.5. The van der Waals surface area contributed by atoms with E-state index in [1.807, 2.05) is 30.3 Å². The molecular weight excluding hydrogens is 427 g/mol. The molecule has 0 bridgehead atoms. The van der Waals surface area contributed by atoms with Gasteiger partial charge < -0.3 is 5.32 Å². The third-order valence-electron chi connectivity index (χ3n) is 4.47. The third kappa shape index (κ3) is 4.97. The first-order valence-electron chi connectivity index (χ1n) is 9.22. The van der Waals surface area contributed by atoms with Gasteiger partial charge in [0.25, 0.3) is 5.91 Å². The molecule has 31 heavy (non-hydrogen) atoms. The monoisotopic (exact) mass is 443 g/mol. The summed E-state index contributed by atoms with van der Waals surface area (Å²) in [5.41, 5.74) is 3.23. The Hall–Kier alpha value is -3.53. The summed E-state index contributed by atoms with van der Waals surface area (Å²) in [6.45, 7) is 0.339. The average Bonchev–Trinajstić information content (AvgIpc) is 3.42. The highest BCUT2D eigenvalue weighted by Gasteiger charge is 2.30. The Bertz CT molecular complexity index is 1190. The maximum atomic E-state index is 12.9. The molecule has 2 aromatic carbocycles. The molecule has 10 heteroatoms. The summed E-state index contributed by atoms with van der Waals surface area (Å²) in [5.74, 6) is -0.428. The summed E-state index contributed by atoms with van der Waals surface area (Å²) in [7, 11) is 0. The zero-order valence-electron chi connectivity index (χ0n) is 16.0. The first-order valence-corrected chi connectivity index (χ1v) is 10.1. The van der Waals surface area contributed by atoms with Crippen LogP contribution in [0.3, 0.4) is 0 Å². The summed E-state index contributed by atoms with van der Waals surface area (Å²) < 4.78 is 39.9. The van der Waals surface area contributed by atoms with E-state index in [0.717, 1.165) is 28.3 Å². The van der Waals surface area contributed by atoms with Crippen LogP contribution in [0.4, 0.5) is 13.2 Å². The largest absolute Gasteiger partial charge is 0.416 e. The lowest BCUT2D eigenvalue weighted by atomic mass is 10.1. The summed E-state index contributed by atoms with van der Waals surface area (Å²) in [6.07, 6.45) is -3.01. The lowest BCUT2D eigenvalue weighted by Crippen LogP contribution is -2.23. The number of thiazole rings is 1. The van der Waals surface area contributed by atoms with E-state index in [1.54, 1.807) is 11.6 Å². The molecule has 0 atom stereocenters. The Morgan fingerprint density at radius 1 is 1.10 bits per heavy atom. The zero-order valence-corrected chi connectivity index (χ0v) is 16.8. The minimum absolute atomic E-state index is 0.0667. The molecule has 4 rings (SSSR count). The highest BCUT2D eigenvalue weighted by molar-refractivity contribution is 7.10. The molecule has 0 saturated heterocycles. The second-order valence-electron chi connectivity index (χ2n) is 6.67. The number of hydrogen-bond donors (Lipinski definition) is 1. The lowest BCUT2D eigenvalue weighted by molar-refractivity contribution is -0.137. The Labute approximate surface area is 179 Å². The van der Waals surface area contributed by atoms with E-state index in [-0.39, 0.29) is 18.8 Å². The number of aromatic nitrogens is 4. The van der Waals surface area contributed by atoms with Crippen molar-refractivity contribution < 1.29 is 18.0 Å². The van der Waals surface area contributed by atoms with Crippen LogP contribution in [0, 0.1) is 0 Å². The van der Waals surface area contributed by atoms with E-state index in [4.69, 9.17) is 0 Å². The number of carbonyl (C=O) groups excluding carboxylic acids is 1. The topological polar surface area (TPSA) is 72.7 Å². The Morgan fingerprint density at radius 2 is 1.90 bits per heavy atom. The fraction of sp³-hybridized carbons (Fsp3) is 0.143. The molecule has 1 N–H and O–H groups in total. The van der Waals surface area contributed by atoms with Crippen molar-refractivity contribution in [2.24, 2.45) is 0 Å². The van der Waals surface area contributed by atoms with Crippen molar-refractivity contribution in [2.75, 3.05) is 0 Å². The Kier molecular flexibility index (Phi) is 5.81. The van der Waals surface area contributed by atoms with Crippen LogP contribution in [-0.4, -0.2) is 25.9 Å². The van der Waals surface area contributed by atoms with Crippen molar-refractivity contribution in [3.63, 3.8) is 0 Å². The fourth-order valence-electron chi connectivity index (χ4n) is 2.99. The minimum Gasteiger partial charge on any atom is -0.346 e. The van der Waals surface area contributed by atoms with E-state index in [2.05, 4.69) is 20.6 Å². The van der Waals surface area contributed by atoms with Crippen LogP contribution in [0.5, 0.6) is 0 Å². The van der Waals surface area contributed by atoms with Gasteiger partial charge in [0.05, 0.1) is 40.9 Å². The van der Waals surface area contributed by atoms with Gasteiger partial charge in [-0.2, -0.15) is 13.2 Å². The smallest absolute Gasteiger partial charge is 0.346 e. The van der Waals surface area contributed by atoms with Gasteiger partial charge in [-0.25, -0.2) is 9.67 Å². The molecule has 0 unspecified atom stereocenters. The second kappa shape index (κ2) is 8.68. The number of nitrogens with one attached hydrogen (secondary N) is 1. The van der Waals surface area contributed by atoms with E-state index >= 15 is 0 Å². The number of rotatable bonds is 6. The molecule has 1 amide bonds. The number of benzene rings is 2. The third-order valence-corrected chi connectivity index (χ3v) is 5.30. The summed E-state index contributed by atoms with van der Waals surface area (Å²) in [4.78, 5) is 17.7. The number of carbonyl (C=O) groups is 1. The van der Waals surface area contributed by atoms with Gasteiger partial charge in [-0.05, 0) is 17.7 Å². The molecule has 2 heterocycles. The van der Waals surface area contributed by atoms with Crippen molar-refractivity contribution in [2.45, 2.75) is 19.3 Å². The minimum atomic E-state index is -4.42. The molecule has 0 aliphatic rings. The molecule has 0 aliphatic carbocycles. The van der Waals surface area contributed by atoms with Gasteiger partial charge >= 0.3 is 6.18 Å². The molecule has 0 saturated carbocycles. The summed E-state index contributed by atoms with van der Waals surface area (Å²) >= 11 is 1.43. The molecule has 158 valence electrons. The first kappa shape index (κ1) is 20.7. The molecule has 0 fully saturated rings. The number of halogens is 3. The molecule has 6 nitrogen and oxygen atoms in total. The van der Waals surface area contributed by atoms with Gasteiger partial charge in [-0.3, -0.25) is 4.79 Å². The van der Waals surface area contributed by atoms with Crippen LogP contribution in [-0.2, 0) is 19.3 Å². The maximum absolute atomic E-state index is 12.9. The SMILES string of the molecule is O=C(NCc1scnc1-c1ccccc1)c1cn(Cc2cccc(C(F)(F)F)c2)nn1. The Morgan fingerprint density at radius 3 is 2.68 bits per heavy atom. The van der Waals surface area contributed by atoms with Crippen molar-refractivity contribution in [3.8, 4) is 11.3 Å². The zero-order chi connectivity index (χ0) is 21.8. The average molecular weight is 443 g/mol. The maximum Gasteiger partial charge on any atom is 0.416 e. The predicted molar refractivity (Wildman–Crippen MR) is 109 cm³/mol. The van der Waals surface area contributed by atoms with Gasteiger partial charge in [0.1, 0.15) is 0 Å². The molecule has 0 aliphatic heterocycles. The van der Waals surface area contributed by atoms with Gasteiger partial charge in [0.2, 0.25) is 0 Å². The van der Waals surface area contributed by atoms with Crippen molar-refractivity contribution >= 4 is 17.2 Å². The summed E-state index contributed by atoms with van der Waals surface area (Å²) in [6, 6.07) is 14.6. The fourth-order valence-corrected chi connectivity index (χ4v) is 3.71. The first-order chi connectivity index (χ1) is 14.9. The quantitative estimate of drug-likeness (QED) is 0.480. The molecule has 0 spiro atoms. The van der Waals surface area contributed by atoms with Gasteiger partial charge in [0, 0.05) is 5.56 Å². The number of nitrogens with zero attached hydrogens (tertiary/aromatic N) is 4. The van der Waals surface area contributed by atoms with Gasteiger partial charge in [-0.1, -0.05) is 47.7 Å². The van der Waals surface area contributed by atoms with E-state index < -0.39 is 17.6 Å². The lowest BCUT2D eigenvalue weighted by Gasteiger charge is -2.08. The van der Waals surface area contributed by atoms with E-state index in [1.165, 1.54) is 28.3 Å². The van der Waals surface area contributed by atoms with E-state index in [9.17, 15) is 18.0 Å². The molecular formula is C21H16F3N5OS. The number of hydrogen-bond acceptors (Lipinski definition) is 5. The van der Waals surface area contributed by atoms with Crippen LogP contribution in [0.15, 0.2) is 66.3 Å². The van der Waals surface area contributed by atoms with Crippen molar-refractivity contribution in [1.82, 2.24) is 25.3 Å². The summed E-state index contributed by atoms with van der Waals surface area (Å²) in [5, 5.41) is 10.5. The highest BCUT2D eigenvalue weighted by Crippen LogP contribution is 2.29. The molecule has 0 radical (unpaired) electrons. The number of amides is 1. The second-order valence-corrected chi connectivity index (χ2v) is 7.61. The van der Waals surface area contributed by atoms with Crippen LogP contribution < -0.4 is 5.32 Å². The predicted octanol–water partition coefficient (Wildman–Crippen LogP) is 4.40. The van der Waals surface area contributed by atoms with Crippen LogP contribution in [0.2, 0.25) is 0 Å². The molecule has 4 aromatic rings. The van der Waals surface area contributed by atoms with Crippen LogP contribution in [0.25, 0.3) is 11.3 Å². The number of alkyl halides is 3. The Balaban J connectivity index is 1.40.